The van der Waals surface area contributed by atoms with E-state index in [9.17, 15) is 14.4 Å². The molecule has 0 spiro atoms. The van der Waals surface area contributed by atoms with E-state index in [1.807, 2.05) is 0 Å². The molecule has 3 rings (SSSR count). The summed E-state index contributed by atoms with van der Waals surface area (Å²) in [7, 11) is 0. The van der Waals surface area contributed by atoms with Gasteiger partial charge in [-0.3, -0.25) is 19.3 Å². The molecule has 126 valence electrons. The molecule has 1 N–H and O–H groups in total. The van der Waals surface area contributed by atoms with Crippen LogP contribution in [0, 0.1) is 0 Å². The number of nitrogens with one attached hydrogen (secondary N) is 1. The first-order valence-electron chi connectivity index (χ1n) is 8.14. The third-order valence-electron chi connectivity index (χ3n) is 4.56. The molecule has 1 heterocycles. The first-order valence-corrected chi connectivity index (χ1v) is 8.52. The van der Waals surface area contributed by atoms with Crippen molar-refractivity contribution in [1.29, 1.82) is 0 Å². The minimum atomic E-state index is -0.420. The number of carbonyl (C=O) groups excluding carboxylic acids is 3. The van der Waals surface area contributed by atoms with Gasteiger partial charge in [-0.15, -0.1) is 0 Å². The van der Waals surface area contributed by atoms with Crippen LogP contribution in [-0.4, -0.2) is 28.5 Å². The highest BCUT2D eigenvalue weighted by molar-refractivity contribution is 6.48. The molecule has 0 saturated heterocycles. The molecular weight excluding hydrogens is 328 g/mol. The second-order valence-electron chi connectivity index (χ2n) is 6.22. The molecule has 2 amide bonds. The summed E-state index contributed by atoms with van der Waals surface area (Å²) in [6, 6.07) is 6.65. The maximum atomic E-state index is 12.7. The summed E-state index contributed by atoms with van der Waals surface area (Å²) in [6.45, 7) is 1.49. The molecule has 0 aromatic heterocycles. The lowest BCUT2D eigenvalue weighted by atomic mass is 9.94. The zero-order valence-corrected chi connectivity index (χ0v) is 14.2. The van der Waals surface area contributed by atoms with Gasteiger partial charge in [0.05, 0.1) is 0 Å². The highest BCUT2D eigenvalue weighted by Gasteiger charge is 2.42. The summed E-state index contributed by atoms with van der Waals surface area (Å²) >= 11 is 6.12. The fraction of sp³-hybridized carbons (Fsp3) is 0.389. The Morgan fingerprint density at radius 3 is 2.29 bits per heavy atom. The number of imide groups is 1. The van der Waals surface area contributed by atoms with Gasteiger partial charge in [-0.05, 0) is 44.0 Å². The van der Waals surface area contributed by atoms with Crippen LogP contribution in [0.2, 0.25) is 0 Å². The van der Waals surface area contributed by atoms with Crippen molar-refractivity contribution in [1.82, 2.24) is 4.90 Å². The smallest absolute Gasteiger partial charge is 0.279 e. The van der Waals surface area contributed by atoms with Crippen LogP contribution in [-0.2, 0) is 9.59 Å². The number of amides is 2. The summed E-state index contributed by atoms with van der Waals surface area (Å²) in [4.78, 5) is 37.7. The van der Waals surface area contributed by atoms with Crippen LogP contribution in [0.1, 0.15) is 49.4 Å². The first kappa shape index (κ1) is 16.7. The van der Waals surface area contributed by atoms with Crippen LogP contribution in [0.3, 0.4) is 0 Å². The van der Waals surface area contributed by atoms with Crippen LogP contribution >= 0.6 is 11.6 Å². The van der Waals surface area contributed by atoms with Gasteiger partial charge in [0, 0.05) is 17.3 Å². The maximum absolute atomic E-state index is 12.7. The molecule has 0 radical (unpaired) electrons. The van der Waals surface area contributed by atoms with Gasteiger partial charge in [0.1, 0.15) is 10.7 Å². The summed E-state index contributed by atoms with van der Waals surface area (Å²) < 4.78 is 0. The molecule has 1 aromatic rings. The molecule has 1 aliphatic heterocycles. The van der Waals surface area contributed by atoms with E-state index in [0.717, 1.165) is 32.1 Å². The van der Waals surface area contributed by atoms with E-state index < -0.39 is 5.91 Å². The van der Waals surface area contributed by atoms with Gasteiger partial charge in [0.15, 0.2) is 5.78 Å². The second-order valence-corrected chi connectivity index (χ2v) is 6.60. The number of ketones is 1. The van der Waals surface area contributed by atoms with E-state index in [4.69, 9.17) is 11.6 Å². The van der Waals surface area contributed by atoms with E-state index in [2.05, 4.69) is 5.32 Å². The van der Waals surface area contributed by atoms with Crippen molar-refractivity contribution < 1.29 is 14.4 Å². The number of halogens is 1. The predicted molar refractivity (Wildman–Crippen MR) is 91.7 cm³/mol. The van der Waals surface area contributed by atoms with Crippen molar-refractivity contribution in [2.45, 2.75) is 45.1 Å². The van der Waals surface area contributed by atoms with E-state index >= 15 is 0 Å². The van der Waals surface area contributed by atoms with E-state index in [1.54, 1.807) is 24.3 Å². The van der Waals surface area contributed by atoms with Crippen LogP contribution in [0.4, 0.5) is 5.69 Å². The summed E-state index contributed by atoms with van der Waals surface area (Å²) in [5.41, 5.74) is 1.31. The number of anilines is 1. The predicted octanol–water partition coefficient (Wildman–Crippen LogP) is 3.45. The monoisotopic (exact) mass is 346 g/mol. The molecule has 1 fully saturated rings. The Morgan fingerprint density at radius 1 is 1.08 bits per heavy atom. The van der Waals surface area contributed by atoms with Gasteiger partial charge in [-0.1, -0.05) is 30.9 Å². The fourth-order valence-electron chi connectivity index (χ4n) is 3.23. The number of benzene rings is 1. The van der Waals surface area contributed by atoms with Crippen LogP contribution < -0.4 is 5.32 Å². The first-order chi connectivity index (χ1) is 11.5. The average Bonchev–Trinajstić information content (AvgIpc) is 2.80. The Kier molecular flexibility index (Phi) is 4.71. The quantitative estimate of drug-likeness (QED) is 0.669. The fourth-order valence-corrected chi connectivity index (χ4v) is 3.45. The topological polar surface area (TPSA) is 66.5 Å². The second kappa shape index (κ2) is 6.77. The Labute approximate surface area is 145 Å². The number of hydrogen-bond donors (Lipinski definition) is 1. The number of nitrogens with zero attached hydrogens (tertiary/aromatic N) is 1. The lowest BCUT2D eigenvalue weighted by Crippen LogP contribution is -2.42. The Morgan fingerprint density at radius 2 is 1.71 bits per heavy atom. The molecule has 0 unspecified atom stereocenters. The zero-order chi connectivity index (χ0) is 17.3. The van der Waals surface area contributed by atoms with Gasteiger partial charge < -0.3 is 5.32 Å². The van der Waals surface area contributed by atoms with Gasteiger partial charge in [0.2, 0.25) is 0 Å². The molecule has 0 bridgehead atoms. The van der Waals surface area contributed by atoms with Crippen molar-refractivity contribution in [3.63, 3.8) is 0 Å². The number of Topliss-reactive ketones (excluding diaryl/α,β-unsaturated/α-hetero) is 1. The Bertz CT molecular complexity index is 718. The highest BCUT2D eigenvalue weighted by atomic mass is 35.5. The number of hydrogen-bond acceptors (Lipinski definition) is 4. The van der Waals surface area contributed by atoms with Crippen LogP contribution in [0.25, 0.3) is 0 Å². The number of carbonyl (C=O) groups is 3. The van der Waals surface area contributed by atoms with Gasteiger partial charge >= 0.3 is 0 Å². The van der Waals surface area contributed by atoms with E-state index in [0.29, 0.717) is 11.3 Å². The van der Waals surface area contributed by atoms with Gasteiger partial charge in [-0.25, -0.2) is 0 Å². The molecule has 0 atom stereocenters. The van der Waals surface area contributed by atoms with Crippen molar-refractivity contribution in [2.75, 3.05) is 5.32 Å². The van der Waals surface area contributed by atoms with Gasteiger partial charge in [-0.2, -0.15) is 0 Å². The molecular formula is C18H19ClN2O3. The van der Waals surface area contributed by atoms with Crippen LogP contribution in [0.15, 0.2) is 35.0 Å². The molecule has 1 aliphatic carbocycles. The van der Waals surface area contributed by atoms with Crippen molar-refractivity contribution in [3.05, 3.63) is 40.6 Å². The molecule has 6 heteroatoms. The molecule has 24 heavy (non-hydrogen) atoms. The average molecular weight is 347 g/mol. The normalized spacial score (nSPS) is 19.2. The molecule has 2 aliphatic rings. The zero-order valence-electron chi connectivity index (χ0n) is 13.5. The third kappa shape index (κ3) is 3.08. The minimum Gasteiger partial charge on any atom is -0.350 e. The van der Waals surface area contributed by atoms with E-state index in [-0.39, 0.29) is 28.5 Å². The lowest BCUT2D eigenvalue weighted by Gasteiger charge is -2.29. The summed E-state index contributed by atoms with van der Waals surface area (Å²) in [5, 5.41) is 2.86. The minimum absolute atomic E-state index is 0.0330. The molecule has 5 nitrogen and oxygen atoms in total. The lowest BCUT2D eigenvalue weighted by molar-refractivity contribution is -0.140. The summed E-state index contributed by atoms with van der Waals surface area (Å²) in [5.74, 6) is -0.821. The Hall–Kier alpha value is -2.14. The SMILES string of the molecule is CC(=O)c1ccc(NC2=C(Cl)C(=O)N(C3CCCCC3)C2=O)cc1. The van der Waals surface area contributed by atoms with Crippen molar-refractivity contribution >= 4 is 34.9 Å². The van der Waals surface area contributed by atoms with Crippen LogP contribution in [0.5, 0.6) is 0 Å². The van der Waals surface area contributed by atoms with Gasteiger partial charge in [0.25, 0.3) is 11.8 Å². The largest absolute Gasteiger partial charge is 0.350 e. The Balaban J connectivity index is 1.78. The third-order valence-corrected chi connectivity index (χ3v) is 4.91. The summed E-state index contributed by atoms with van der Waals surface area (Å²) in [6.07, 6.45) is 4.86. The maximum Gasteiger partial charge on any atom is 0.279 e. The standard InChI is InChI=1S/C18H19ClN2O3/c1-11(22)12-7-9-13(10-8-12)20-16-15(19)17(23)21(18(16)24)14-5-3-2-4-6-14/h7-10,14,20H,2-6H2,1H3. The number of rotatable bonds is 4. The molecule has 1 aromatic carbocycles. The highest BCUT2D eigenvalue weighted by Crippen LogP contribution is 2.32. The molecule has 1 saturated carbocycles. The van der Waals surface area contributed by atoms with Crippen molar-refractivity contribution in [3.8, 4) is 0 Å². The van der Waals surface area contributed by atoms with Crippen molar-refractivity contribution in [2.24, 2.45) is 0 Å². The van der Waals surface area contributed by atoms with E-state index in [1.165, 1.54) is 11.8 Å².